The Morgan fingerprint density at radius 1 is 1.04 bits per heavy atom. The molecule has 0 spiro atoms. The zero-order valence-corrected chi connectivity index (χ0v) is 15.4. The topological polar surface area (TPSA) is 52.3 Å². The Hall–Kier alpha value is -2.44. The number of hydrogen-bond donors (Lipinski definition) is 0. The molecule has 2 heterocycles. The van der Waals surface area contributed by atoms with Crippen molar-refractivity contribution < 1.29 is 4.74 Å². The van der Waals surface area contributed by atoms with Crippen molar-refractivity contribution in [2.75, 3.05) is 0 Å². The molecule has 2 aromatic heterocycles. The van der Waals surface area contributed by atoms with Crippen molar-refractivity contribution in [2.24, 2.45) is 0 Å². The molecule has 25 heavy (non-hydrogen) atoms. The van der Waals surface area contributed by atoms with Crippen LogP contribution in [0.25, 0.3) is 16.3 Å². The normalized spacial score (nSPS) is 11.9. The van der Waals surface area contributed by atoms with Crippen molar-refractivity contribution in [1.29, 1.82) is 0 Å². The number of ether oxygens (including phenoxy) is 1. The van der Waals surface area contributed by atoms with E-state index in [1.165, 1.54) is 16.9 Å². The van der Waals surface area contributed by atoms with Gasteiger partial charge in [-0.2, -0.15) is 9.61 Å². The van der Waals surface area contributed by atoms with Crippen molar-refractivity contribution in [2.45, 2.75) is 20.0 Å². The average molecular weight is 373 g/mol. The molecule has 4 aromatic rings. The maximum atomic E-state index is 5.95. The van der Waals surface area contributed by atoms with Crippen molar-refractivity contribution in [1.82, 2.24) is 19.8 Å². The number of para-hydroxylation sites is 1. The summed E-state index contributed by atoms with van der Waals surface area (Å²) in [5, 5.41) is 14.1. The van der Waals surface area contributed by atoms with Crippen molar-refractivity contribution >= 4 is 28.7 Å². The molecule has 0 saturated heterocycles. The Morgan fingerprint density at radius 3 is 2.60 bits per heavy atom. The third-order valence-electron chi connectivity index (χ3n) is 3.69. The minimum atomic E-state index is -0.149. The predicted molar refractivity (Wildman–Crippen MR) is 102 cm³/mol. The van der Waals surface area contributed by atoms with Gasteiger partial charge < -0.3 is 4.74 Å². The summed E-state index contributed by atoms with van der Waals surface area (Å²) in [6.45, 7) is 4.05. The summed E-state index contributed by atoms with van der Waals surface area (Å²) in [7, 11) is 0. The summed E-state index contributed by atoms with van der Waals surface area (Å²) in [5.74, 6) is 1.58. The third-order valence-corrected chi connectivity index (χ3v) is 4.75. The summed E-state index contributed by atoms with van der Waals surface area (Å²) < 4.78 is 7.74. The smallest absolute Gasteiger partial charge is 0.235 e. The van der Waals surface area contributed by atoms with Gasteiger partial charge in [-0.15, -0.1) is 22.6 Å². The van der Waals surface area contributed by atoms with E-state index in [0.717, 1.165) is 27.1 Å². The molecule has 0 aliphatic rings. The highest BCUT2D eigenvalue weighted by Crippen LogP contribution is 2.27. The third kappa shape index (κ3) is 3.50. The van der Waals surface area contributed by atoms with E-state index in [2.05, 4.69) is 34.4 Å². The molecule has 2 aromatic carbocycles. The molecule has 0 aliphatic carbocycles. The summed E-state index contributed by atoms with van der Waals surface area (Å²) in [5.41, 5.74) is 2.19. The van der Waals surface area contributed by atoms with E-state index in [4.69, 9.17) is 4.74 Å². The number of benzene rings is 2. The van der Waals surface area contributed by atoms with Gasteiger partial charge in [-0.1, -0.05) is 53.3 Å². The number of hydrogen-bond acceptors (Lipinski definition) is 5. The highest BCUT2D eigenvalue weighted by atomic mass is 35.5. The average Bonchev–Trinajstić information content (AvgIpc) is 3.16. The molecule has 0 N–H and O–H groups in total. The van der Waals surface area contributed by atoms with Crippen molar-refractivity contribution in [3.05, 3.63) is 65.2 Å². The summed E-state index contributed by atoms with van der Waals surface area (Å²) in [6.07, 6.45) is -0.149. The molecular weight excluding hydrogens is 356 g/mol. The molecule has 0 radical (unpaired) electrons. The van der Waals surface area contributed by atoms with Crippen LogP contribution in [-0.2, 0) is 0 Å². The zero-order chi connectivity index (χ0) is 16.5. The number of halogens is 1. The van der Waals surface area contributed by atoms with Crippen LogP contribution < -0.4 is 4.74 Å². The lowest BCUT2D eigenvalue weighted by atomic mass is 10.1. The zero-order valence-electron chi connectivity index (χ0n) is 13.8. The molecule has 5 nitrogen and oxygen atoms in total. The standard InChI is InChI=1S/C18H16N4OS.ClH/c1-12-7-6-8-14(11-12)16-19-20-18-22(16)21-17(24-18)13(2)23-15-9-4-3-5-10-15;/h3-11,13H,1-2H3;1H. The minimum absolute atomic E-state index is 0. The number of aromatic nitrogens is 4. The molecule has 0 aliphatic heterocycles. The Morgan fingerprint density at radius 2 is 1.84 bits per heavy atom. The quantitative estimate of drug-likeness (QED) is 0.520. The van der Waals surface area contributed by atoms with E-state index in [-0.39, 0.29) is 18.5 Å². The molecule has 4 rings (SSSR count). The van der Waals surface area contributed by atoms with Gasteiger partial charge in [0.15, 0.2) is 10.8 Å². The summed E-state index contributed by atoms with van der Waals surface area (Å²) in [4.78, 5) is 0.769. The van der Waals surface area contributed by atoms with E-state index in [0.29, 0.717) is 0 Å². The molecule has 7 heteroatoms. The van der Waals surface area contributed by atoms with E-state index in [9.17, 15) is 0 Å². The predicted octanol–water partition coefficient (Wildman–Crippen LogP) is 4.72. The van der Waals surface area contributed by atoms with Crippen LogP contribution in [0.15, 0.2) is 54.6 Å². The van der Waals surface area contributed by atoms with E-state index < -0.39 is 0 Å². The van der Waals surface area contributed by atoms with Crippen LogP contribution in [0.5, 0.6) is 5.75 Å². The van der Waals surface area contributed by atoms with Gasteiger partial charge in [0.2, 0.25) is 4.96 Å². The molecule has 0 amide bonds. The monoisotopic (exact) mass is 372 g/mol. The Balaban J connectivity index is 0.00000182. The van der Waals surface area contributed by atoms with Crippen LogP contribution in [0.4, 0.5) is 0 Å². The van der Waals surface area contributed by atoms with E-state index in [1.807, 2.05) is 49.4 Å². The highest BCUT2D eigenvalue weighted by Gasteiger charge is 2.18. The largest absolute Gasteiger partial charge is 0.483 e. The van der Waals surface area contributed by atoms with Crippen molar-refractivity contribution in [3.63, 3.8) is 0 Å². The van der Waals surface area contributed by atoms with Crippen LogP contribution in [-0.4, -0.2) is 19.8 Å². The molecule has 0 saturated carbocycles. The van der Waals surface area contributed by atoms with Crippen LogP contribution >= 0.6 is 23.7 Å². The Labute approximate surface area is 155 Å². The van der Waals surface area contributed by atoms with Crippen LogP contribution in [0.3, 0.4) is 0 Å². The van der Waals surface area contributed by atoms with Gasteiger partial charge in [0, 0.05) is 5.56 Å². The second-order valence-electron chi connectivity index (χ2n) is 5.60. The summed E-state index contributed by atoms with van der Waals surface area (Å²) >= 11 is 1.50. The first-order valence-corrected chi connectivity index (χ1v) is 8.53. The fourth-order valence-electron chi connectivity index (χ4n) is 2.51. The van der Waals surface area contributed by atoms with Gasteiger partial charge in [-0.3, -0.25) is 0 Å². The molecular formula is C18H17ClN4OS. The van der Waals surface area contributed by atoms with Gasteiger partial charge >= 0.3 is 0 Å². The van der Waals surface area contributed by atoms with Gasteiger partial charge in [-0.25, -0.2) is 0 Å². The molecule has 0 bridgehead atoms. The second kappa shape index (κ2) is 7.21. The van der Waals surface area contributed by atoms with E-state index in [1.54, 1.807) is 4.52 Å². The number of fused-ring (bicyclic) bond motifs is 1. The van der Waals surface area contributed by atoms with Crippen molar-refractivity contribution in [3.8, 4) is 17.1 Å². The molecule has 128 valence electrons. The number of nitrogens with zero attached hydrogens (tertiary/aromatic N) is 4. The SMILES string of the molecule is Cc1cccc(-c2nnc3sc(C(C)Oc4ccccc4)nn23)c1.Cl. The Kier molecular flexibility index (Phi) is 5.01. The van der Waals surface area contributed by atoms with Crippen LogP contribution in [0, 0.1) is 6.92 Å². The fraction of sp³-hybridized carbons (Fsp3) is 0.167. The lowest BCUT2D eigenvalue weighted by Gasteiger charge is -2.11. The maximum absolute atomic E-state index is 5.95. The summed E-state index contributed by atoms with van der Waals surface area (Å²) in [6, 6.07) is 17.9. The first kappa shape index (κ1) is 17.4. The van der Waals surface area contributed by atoms with Gasteiger partial charge in [0.05, 0.1) is 0 Å². The first-order chi connectivity index (χ1) is 11.7. The van der Waals surface area contributed by atoms with Gasteiger partial charge in [0.25, 0.3) is 0 Å². The van der Waals surface area contributed by atoms with E-state index >= 15 is 0 Å². The van der Waals surface area contributed by atoms with Gasteiger partial charge in [-0.05, 0) is 32.0 Å². The highest BCUT2D eigenvalue weighted by molar-refractivity contribution is 7.16. The molecule has 1 atom stereocenters. The molecule has 1 unspecified atom stereocenters. The lowest BCUT2D eigenvalue weighted by Crippen LogP contribution is -2.03. The molecule has 0 fully saturated rings. The van der Waals surface area contributed by atoms with Crippen LogP contribution in [0.2, 0.25) is 0 Å². The van der Waals surface area contributed by atoms with Crippen LogP contribution in [0.1, 0.15) is 23.6 Å². The number of rotatable bonds is 4. The first-order valence-electron chi connectivity index (χ1n) is 7.71. The van der Waals surface area contributed by atoms with Gasteiger partial charge in [0.1, 0.15) is 11.9 Å². The fourth-order valence-corrected chi connectivity index (χ4v) is 3.33. The lowest BCUT2D eigenvalue weighted by molar-refractivity contribution is 0.225. The minimum Gasteiger partial charge on any atom is -0.483 e. The number of aryl methyl sites for hydroxylation is 1. The second-order valence-corrected chi connectivity index (χ2v) is 6.59. The maximum Gasteiger partial charge on any atom is 0.235 e. The Bertz CT molecular complexity index is 983.